The van der Waals surface area contributed by atoms with Gasteiger partial charge in [-0.2, -0.15) is 0 Å². The summed E-state index contributed by atoms with van der Waals surface area (Å²) in [5.41, 5.74) is 5.32. The van der Waals surface area contributed by atoms with E-state index in [1.54, 1.807) is 17.5 Å². The molecule has 0 saturated heterocycles. The van der Waals surface area contributed by atoms with Gasteiger partial charge < -0.3 is 5.32 Å². The van der Waals surface area contributed by atoms with E-state index in [4.69, 9.17) is 4.98 Å². The minimum atomic E-state index is -0.261. The van der Waals surface area contributed by atoms with E-state index < -0.39 is 0 Å². The molecule has 4 aromatic rings. The summed E-state index contributed by atoms with van der Waals surface area (Å²) in [5.74, 6) is 0.222. The number of anilines is 1. The number of pyridine rings is 1. The quantitative estimate of drug-likeness (QED) is 0.304. The minimum absolute atomic E-state index is 0.0716. The maximum Gasteiger partial charge on any atom is 0.232 e. The number of aromatic nitrogens is 2. The van der Waals surface area contributed by atoms with Gasteiger partial charge in [0.2, 0.25) is 5.91 Å². The van der Waals surface area contributed by atoms with Crippen molar-refractivity contribution in [3.05, 3.63) is 89.1 Å². The van der Waals surface area contributed by atoms with Crippen LogP contribution in [-0.4, -0.2) is 15.9 Å². The number of benzene rings is 2. The van der Waals surface area contributed by atoms with Crippen molar-refractivity contribution < 1.29 is 4.79 Å². The van der Waals surface area contributed by atoms with Crippen molar-refractivity contribution in [2.75, 3.05) is 5.32 Å². The normalized spacial score (nSPS) is 11.8. The van der Waals surface area contributed by atoms with E-state index in [2.05, 4.69) is 48.4 Å². The summed E-state index contributed by atoms with van der Waals surface area (Å²) in [6.07, 6.45) is 4.99. The average molecular weight is 456 g/mol. The van der Waals surface area contributed by atoms with E-state index in [1.807, 2.05) is 49.4 Å². The summed E-state index contributed by atoms with van der Waals surface area (Å²) in [6, 6.07) is 22.2. The molecule has 1 amide bonds. The topological polar surface area (TPSA) is 54.9 Å². The molecule has 0 spiro atoms. The molecule has 1 atom stereocenters. The summed E-state index contributed by atoms with van der Waals surface area (Å²) in [5, 5.41) is 4.14. The van der Waals surface area contributed by atoms with Gasteiger partial charge in [-0.25, -0.2) is 9.97 Å². The van der Waals surface area contributed by atoms with Crippen molar-refractivity contribution in [2.24, 2.45) is 0 Å². The molecular weight excluding hydrogens is 426 g/mol. The fraction of sp³-hybridized carbons (Fsp3) is 0.250. The van der Waals surface area contributed by atoms with Gasteiger partial charge in [0.15, 0.2) is 0 Å². The van der Waals surface area contributed by atoms with Gasteiger partial charge in [-0.3, -0.25) is 4.79 Å². The largest absolute Gasteiger partial charge is 0.310 e. The molecule has 33 heavy (non-hydrogen) atoms. The van der Waals surface area contributed by atoms with Crippen LogP contribution >= 0.6 is 11.3 Å². The number of carbonyl (C=O) groups is 1. The first-order chi connectivity index (χ1) is 16.0. The number of unbranched alkanes of at least 4 members (excludes halogenated alkanes) is 1. The Morgan fingerprint density at radius 3 is 2.61 bits per heavy atom. The smallest absolute Gasteiger partial charge is 0.232 e. The van der Waals surface area contributed by atoms with E-state index in [1.165, 1.54) is 5.56 Å². The van der Waals surface area contributed by atoms with Gasteiger partial charge in [-0.05, 0) is 56.0 Å². The van der Waals surface area contributed by atoms with Crippen LogP contribution in [0.2, 0.25) is 0 Å². The Morgan fingerprint density at radius 1 is 1.03 bits per heavy atom. The van der Waals surface area contributed by atoms with E-state index >= 15 is 0 Å². The van der Waals surface area contributed by atoms with Crippen LogP contribution in [0.25, 0.3) is 21.7 Å². The highest BCUT2D eigenvalue weighted by Crippen LogP contribution is 2.38. The Hall–Kier alpha value is -3.31. The van der Waals surface area contributed by atoms with Crippen molar-refractivity contribution in [3.8, 4) is 21.7 Å². The molecule has 0 bridgehead atoms. The summed E-state index contributed by atoms with van der Waals surface area (Å²) >= 11 is 1.73. The zero-order valence-corrected chi connectivity index (χ0v) is 20.2. The van der Waals surface area contributed by atoms with E-state index in [9.17, 15) is 4.79 Å². The van der Waals surface area contributed by atoms with Crippen molar-refractivity contribution >= 4 is 23.1 Å². The Morgan fingerprint density at radius 2 is 1.85 bits per heavy atom. The SMILES string of the molecule is CCCCc1nc(-c2cccc(C)c2)c(-c2ccnc(NC(=O)C(C)c3ccccc3)c2)s1. The summed E-state index contributed by atoms with van der Waals surface area (Å²) in [7, 11) is 0. The summed E-state index contributed by atoms with van der Waals surface area (Å²) < 4.78 is 0. The molecule has 0 aliphatic carbocycles. The van der Waals surface area contributed by atoms with Crippen LogP contribution in [0.5, 0.6) is 0 Å². The Kier molecular flexibility index (Phi) is 7.30. The molecule has 0 aliphatic rings. The van der Waals surface area contributed by atoms with Gasteiger partial charge in [-0.15, -0.1) is 11.3 Å². The number of nitrogens with zero attached hydrogens (tertiary/aromatic N) is 2. The standard InChI is InChI=1S/C28H29N3OS/c1-4-5-14-25-31-26(22-13-9-10-19(2)17-22)27(33-25)23-15-16-29-24(18-23)30-28(32)20(3)21-11-7-6-8-12-21/h6-13,15-18,20H,4-5,14H2,1-3H3,(H,29,30,32). The summed E-state index contributed by atoms with van der Waals surface area (Å²) in [6.45, 7) is 6.21. The van der Waals surface area contributed by atoms with Crippen molar-refractivity contribution in [3.63, 3.8) is 0 Å². The summed E-state index contributed by atoms with van der Waals surface area (Å²) in [4.78, 5) is 23.4. The first-order valence-electron chi connectivity index (χ1n) is 11.4. The maximum atomic E-state index is 12.8. The second kappa shape index (κ2) is 10.5. The molecule has 0 aliphatic heterocycles. The van der Waals surface area contributed by atoms with Crippen LogP contribution in [0.15, 0.2) is 72.9 Å². The van der Waals surface area contributed by atoms with E-state index in [0.29, 0.717) is 5.82 Å². The van der Waals surface area contributed by atoms with Crippen LogP contribution in [-0.2, 0) is 11.2 Å². The second-order valence-corrected chi connectivity index (χ2v) is 9.39. The van der Waals surface area contributed by atoms with Crippen molar-refractivity contribution in [2.45, 2.75) is 46.0 Å². The first kappa shape index (κ1) is 22.9. The lowest BCUT2D eigenvalue weighted by atomic mass is 10.0. The number of hydrogen-bond donors (Lipinski definition) is 1. The predicted octanol–water partition coefficient (Wildman–Crippen LogP) is 7.27. The number of hydrogen-bond acceptors (Lipinski definition) is 4. The highest BCUT2D eigenvalue weighted by molar-refractivity contribution is 7.15. The molecule has 168 valence electrons. The highest BCUT2D eigenvalue weighted by atomic mass is 32.1. The molecule has 2 aromatic heterocycles. The van der Waals surface area contributed by atoms with E-state index in [0.717, 1.165) is 51.5 Å². The maximum absolute atomic E-state index is 12.8. The number of carbonyl (C=O) groups excluding carboxylic acids is 1. The lowest BCUT2D eigenvalue weighted by molar-refractivity contribution is -0.117. The molecule has 2 heterocycles. The lowest BCUT2D eigenvalue weighted by Crippen LogP contribution is -2.19. The van der Waals surface area contributed by atoms with Gasteiger partial charge in [0, 0.05) is 11.8 Å². The number of thiazole rings is 1. The number of aryl methyl sites for hydroxylation is 2. The fourth-order valence-corrected chi connectivity index (χ4v) is 4.87. The molecule has 0 fully saturated rings. The molecule has 4 nitrogen and oxygen atoms in total. The van der Waals surface area contributed by atoms with Crippen LogP contribution in [0.4, 0.5) is 5.82 Å². The first-order valence-corrected chi connectivity index (χ1v) is 12.3. The monoisotopic (exact) mass is 455 g/mol. The molecular formula is C28H29N3OS. The Balaban J connectivity index is 1.64. The van der Waals surface area contributed by atoms with Gasteiger partial charge >= 0.3 is 0 Å². The van der Waals surface area contributed by atoms with E-state index in [-0.39, 0.29) is 11.8 Å². The number of nitrogens with one attached hydrogen (secondary N) is 1. The van der Waals surface area contributed by atoms with Crippen LogP contribution in [0, 0.1) is 6.92 Å². The number of rotatable bonds is 8. The fourth-order valence-electron chi connectivity index (χ4n) is 3.75. The molecule has 2 aromatic carbocycles. The lowest BCUT2D eigenvalue weighted by Gasteiger charge is -2.12. The molecule has 0 saturated carbocycles. The van der Waals surface area contributed by atoms with Crippen LogP contribution < -0.4 is 5.32 Å². The molecule has 1 N–H and O–H groups in total. The second-order valence-electron chi connectivity index (χ2n) is 8.31. The third kappa shape index (κ3) is 5.55. The number of amides is 1. The zero-order valence-electron chi connectivity index (χ0n) is 19.3. The van der Waals surface area contributed by atoms with Gasteiger partial charge in [0.25, 0.3) is 0 Å². The Bertz CT molecular complexity index is 1230. The third-order valence-corrected chi connectivity index (χ3v) is 6.84. The predicted molar refractivity (Wildman–Crippen MR) is 138 cm³/mol. The Labute approximate surface area is 199 Å². The van der Waals surface area contributed by atoms with Crippen LogP contribution in [0.1, 0.15) is 48.7 Å². The highest BCUT2D eigenvalue weighted by Gasteiger charge is 2.18. The third-order valence-electron chi connectivity index (χ3n) is 5.67. The van der Waals surface area contributed by atoms with Crippen LogP contribution in [0.3, 0.4) is 0 Å². The average Bonchev–Trinajstić information content (AvgIpc) is 3.27. The van der Waals surface area contributed by atoms with Gasteiger partial charge in [0.05, 0.1) is 21.5 Å². The van der Waals surface area contributed by atoms with Gasteiger partial charge in [0.1, 0.15) is 5.82 Å². The molecule has 5 heteroatoms. The van der Waals surface area contributed by atoms with Crippen molar-refractivity contribution in [1.82, 2.24) is 9.97 Å². The zero-order chi connectivity index (χ0) is 23.2. The van der Waals surface area contributed by atoms with Gasteiger partial charge in [-0.1, -0.05) is 67.4 Å². The minimum Gasteiger partial charge on any atom is -0.310 e. The molecule has 1 unspecified atom stereocenters. The molecule has 4 rings (SSSR count). The van der Waals surface area contributed by atoms with Crippen molar-refractivity contribution in [1.29, 1.82) is 0 Å². The molecule has 0 radical (unpaired) electrons.